The summed E-state index contributed by atoms with van der Waals surface area (Å²) in [4.78, 5) is 12.2. The van der Waals surface area contributed by atoms with E-state index in [4.69, 9.17) is 11.6 Å². The van der Waals surface area contributed by atoms with Crippen LogP contribution >= 0.6 is 11.6 Å². The minimum atomic E-state index is -0.548. The average molecular weight is 394 g/mol. The van der Waals surface area contributed by atoms with E-state index in [1.54, 1.807) is 18.3 Å². The Kier molecular flexibility index (Phi) is 4.67. The van der Waals surface area contributed by atoms with Crippen LogP contribution in [0.15, 0.2) is 54.7 Å². The molecule has 0 saturated carbocycles. The average Bonchev–Trinajstić information content (AvgIpc) is 3.32. The van der Waals surface area contributed by atoms with Crippen molar-refractivity contribution < 1.29 is 9.90 Å². The summed E-state index contributed by atoms with van der Waals surface area (Å²) in [5.74, 6) is -0.856. The van der Waals surface area contributed by atoms with Gasteiger partial charge in [-0.1, -0.05) is 41.4 Å². The number of fused-ring (bicyclic) bond motifs is 1. The zero-order valence-corrected chi connectivity index (χ0v) is 15.7. The molecular formula is C20H16ClN5O2. The largest absolute Gasteiger partial charge is 0.507 e. The lowest BCUT2D eigenvalue weighted by molar-refractivity contribution is 0.103. The third-order valence-corrected chi connectivity index (χ3v) is 4.66. The minimum Gasteiger partial charge on any atom is -0.507 e. The summed E-state index contributed by atoms with van der Waals surface area (Å²) in [6.07, 6.45) is 2.88. The van der Waals surface area contributed by atoms with E-state index in [1.807, 2.05) is 17.6 Å². The fraction of sp³-hybridized carbons (Fsp3) is 0.100. The van der Waals surface area contributed by atoms with Gasteiger partial charge in [-0.05, 0) is 35.9 Å². The topological polar surface area (TPSA) is 96.7 Å². The van der Waals surface area contributed by atoms with E-state index in [0.717, 1.165) is 22.5 Å². The summed E-state index contributed by atoms with van der Waals surface area (Å²) in [7, 11) is 0. The zero-order valence-electron chi connectivity index (χ0n) is 14.9. The van der Waals surface area contributed by atoms with Crippen molar-refractivity contribution in [2.45, 2.75) is 13.5 Å². The highest BCUT2D eigenvalue weighted by atomic mass is 35.5. The minimum absolute atomic E-state index is 0.118. The van der Waals surface area contributed by atoms with Crippen molar-refractivity contribution >= 4 is 34.0 Å². The molecule has 28 heavy (non-hydrogen) atoms. The van der Waals surface area contributed by atoms with E-state index in [9.17, 15) is 9.90 Å². The summed E-state index contributed by atoms with van der Waals surface area (Å²) >= 11 is 6.16. The first-order valence-corrected chi connectivity index (χ1v) is 8.92. The SMILES string of the molecule is Cc1ccc(Cn2cc(/C(O)=C/C(=O)c3nn[nH]n3)c3cc(Cl)ccc32)cc1. The number of aliphatic hydroxyl groups excluding tert-OH is 1. The zero-order chi connectivity index (χ0) is 19.7. The number of tetrazole rings is 1. The van der Waals surface area contributed by atoms with E-state index in [-0.39, 0.29) is 11.6 Å². The Balaban J connectivity index is 1.76. The van der Waals surface area contributed by atoms with Gasteiger partial charge in [0.25, 0.3) is 0 Å². The highest BCUT2D eigenvalue weighted by Crippen LogP contribution is 2.29. The second-order valence-electron chi connectivity index (χ2n) is 6.45. The Bertz CT molecular complexity index is 1180. The highest BCUT2D eigenvalue weighted by Gasteiger charge is 2.16. The van der Waals surface area contributed by atoms with Gasteiger partial charge in [-0.2, -0.15) is 5.21 Å². The van der Waals surface area contributed by atoms with Crippen LogP contribution < -0.4 is 0 Å². The molecule has 2 N–H and O–H groups in total. The summed E-state index contributed by atoms with van der Waals surface area (Å²) in [6.45, 7) is 2.66. The van der Waals surface area contributed by atoms with Gasteiger partial charge in [-0.25, -0.2) is 0 Å². The number of halogens is 1. The normalized spacial score (nSPS) is 11.9. The molecule has 2 aromatic carbocycles. The van der Waals surface area contributed by atoms with Crippen molar-refractivity contribution in [3.05, 3.63) is 82.3 Å². The van der Waals surface area contributed by atoms with Gasteiger partial charge in [-0.3, -0.25) is 4.79 Å². The molecule has 4 rings (SSSR count). The number of hydrogen-bond donors (Lipinski definition) is 2. The number of carbonyl (C=O) groups excluding carboxylic acids is 1. The quantitative estimate of drug-likeness (QED) is 0.304. The number of aryl methyl sites for hydroxylation is 1. The summed E-state index contributed by atoms with van der Waals surface area (Å²) in [6, 6.07) is 13.7. The monoisotopic (exact) mass is 393 g/mol. The second-order valence-corrected chi connectivity index (χ2v) is 6.88. The number of H-pyrrole nitrogens is 1. The van der Waals surface area contributed by atoms with Gasteiger partial charge < -0.3 is 9.67 Å². The maximum absolute atomic E-state index is 12.2. The molecule has 0 bridgehead atoms. The van der Waals surface area contributed by atoms with Crippen LogP contribution in [0.2, 0.25) is 5.02 Å². The summed E-state index contributed by atoms with van der Waals surface area (Å²) in [5.41, 5.74) is 3.71. The number of aromatic amines is 1. The molecule has 0 aliphatic carbocycles. The number of hydrogen-bond acceptors (Lipinski definition) is 5. The van der Waals surface area contributed by atoms with Crippen molar-refractivity contribution in [3.8, 4) is 0 Å². The van der Waals surface area contributed by atoms with Crippen LogP contribution in [-0.4, -0.2) is 36.1 Å². The fourth-order valence-corrected chi connectivity index (χ4v) is 3.20. The van der Waals surface area contributed by atoms with E-state index >= 15 is 0 Å². The smallest absolute Gasteiger partial charge is 0.244 e. The number of aliphatic hydroxyl groups is 1. The van der Waals surface area contributed by atoms with E-state index < -0.39 is 5.78 Å². The molecule has 0 saturated heterocycles. The van der Waals surface area contributed by atoms with E-state index in [0.29, 0.717) is 17.1 Å². The van der Waals surface area contributed by atoms with Crippen molar-refractivity contribution in [1.29, 1.82) is 0 Å². The molecule has 4 aromatic rings. The van der Waals surface area contributed by atoms with Gasteiger partial charge >= 0.3 is 0 Å². The fourth-order valence-electron chi connectivity index (χ4n) is 3.03. The lowest BCUT2D eigenvalue weighted by atomic mass is 10.1. The van der Waals surface area contributed by atoms with Gasteiger partial charge in [0.2, 0.25) is 11.6 Å². The number of allylic oxidation sites excluding steroid dienone is 1. The summed E-state index contributed by atoms with van der Waals surface area (Å²) in [5, 5.41) is 24.7. The molecule has 0 spiro atoms. The first-order chi connectivity index (χ1) is 13.5. The van der Waals surface area contributed by atoms with Gasteiger partial charge in [-0.15, -0.1) is 10.2 Å². The third-order valence-electron chi connectivity index (χ3n) is 4.43. The van der Waals surface area contributed by atoms with Gasteiger partial charge in [0.15, 0.2) is 0 Å². The Hall–Kier alpha value is -3.45. The number of nitrogens with zero attached hydrogens (tertiary/aromatic N) is 4. The number of ketones is 1. The first kappa shape index (κ1) is 17.9. The molecule has 0 aliphatic heterocycles. The number of rotatable bonds is 5. The molecule has 0 radical (unpaired) electrons. The number of aromatic nitrogens is 5. The van der Waals surface area contributed by atoms with Crippen LogP contribution in [0.3, 0.4) is 0 Å². The molecule has 0 fully saturated rings. The molecule has 7 nitrogen and oxygen atoms in total. The molecule has 8 heteroatoms. The summed E-state index contributed by atoms with van der Waals surface area (Å²) < 4.78 is 2.01. The van der Waals surface area contributed by atoms with Crippen molar-refractivity contribution in [1.82, 2.24) is 25.2 Å². The lowest BCUT2D eigenvalue weighted by Crippen LogP contribution is -2.00. The molecule has 0 unspecified atom stereocenters. The van der Waals surface area contributed by atoms with E-state index in [1.165, 1.54) is 5.56 Å². The Morgan fingerprint density at radius 1 is 1.25 bits per heavy atom. The second kappa shape index (κ2) is 7.28. The Morgan fingerprint density at radius 3 is 2.75 bits per heavy atom. The van der Waals surface area contributed by atoms with Crippen LogP contribution in [0.1, 0.15) is 27.3 Å². The predicted octanol–water partition coefficient (Wildman–Crippen LogP) is 3.95. The molecular weight excluding hydrogens is 378 g/mol. The van der Waals surface area contributed by atoms with Crippen LogP contribution in [0, 0.1) is 6.92 Å². The lowest BCUT2D eigenvalue weighted by Gasteiger charge is -2.06. The van der Waals surface area contributed by atoms with Crippen molar-refractivity contribution in [3.63, 3.8) is 0 Å². The van der Waals surface area contributed by atoms with E-state index in [2.05, 4.69) is 44.9 Å². The van der Waals surface area contributed by atoms with Crippen LogP contribution in [0.4, 0.5) is 0 Å². The Morgan fingerprint density at radius 2 is 2.04 bits per heavy atom. The maximum Gasteiger partial charge on any atom is 0.244 e. The van der Waals surface area contributed by atoms with Crippen LogP contribution in [0.5, 0.6) is 0 Å². The maximum atomic E-state index is 12.2. The van der Waals surface area contributed by atoms with Gasteiger partial charge in [0.05, 0.1) is 0 Å². The number of carbonyl (C=O) groups is 1. The highest BCUT2D eigenvalue weighted by molar-refractivity contribution is 6.31. The number of benzene rings is 2. The molecule has 140 valence electrons. The molecule has 0 aliphatic rings. The molecule has 0 atom stereocenters. The van der Waals surface area contributed by atoms with Crippen LogP contribution in [0.25, 0.3) is 16.7 Å². The first-order valence-electron chi connectivity index (χ1n) is 8.54. The molecule has 2 aromatic heterocycles. The standard InChI is InChI=1S/C20H16ClN5O2/c1-12-2-4-13(5-3-12)10-26-11-16(15-8-14(21)6-7-17(15)26)18(27)9-19(28)20-22-24-25-23-20/h2-9,11,27H,10H2,1H3,(H,22,23,24,25)/b18-9-. The van der Waals surface area contributed by atoms with Crippen molar-refractivity contribution in [2.24, 2.45) is 0 Å². The third kappa shape index (κ3) is 3.52. The van der Waals surface area contributed by atoms with Gasteiger partial charge in [0.1, 0.15) is 5.76 Å². The number of nitrogens with one attached hydrogen (secondary N) is 1. The molecule has 2 heterocycles. The Labute approximate surface area is 165 Å². The van der Waals surface area contributed by atoms with Gasteiger partial charge in [0, 0.05) is 40.3 Å². The van der Waals surface area contributed by atoms with Crippen LogP contribution in [-0.2, 0) is 6.54 Å². The van der Waals surface area contributed by atoms with Crippen molar-refractivity contribution in [2.75, 3.05) is 0 Å². The predicted molar refractivity (Wildman–Crippen MR) is 106 cm³/mol. The molecule has 0 amide bonds.